The van der Waals surface area contributed by atoms with Gasteiger partial charge in [0.25, 0.3) is 0 Å². The second kappa shape index (κ2) is 139. The first-order valence-corrected chi connectivity index (χ1v) is 3.10. The molecule has 194 valence electrons. The normalized spacial score (nSPS) is 3.72. The molecule has 0 aliphatic rings. The molecule has 0 fully saturated rings. The van der Waals surface area contributed by atoms with Gasteiger partial charge in [0.05, 0.1) is 0 Å². The summed E-state index contributed by atoms with van der Waals surface area (Å²) in [6.07, 6.45) is 0. The van der Waals surface area contributed by atoms with E-state index in [1.807, 2.05) is 0 Å². The molecule has 0 radical (unpaired) electrons. The van der Waals surface area contributed by atoms with Gasteiger partial charge in [0.1, 0.15) is 0 Å². The fourth-order valence-corrected chi connectivity index (χ4v) is 0. The first-order chi connectivity index (χ1) is 6.93. The average Bonchev–Trinajstić information content (AvgIpc) is 1.76. The molecule has 0 saturated heterocycles. The van der Waals surface area contributed by atoms with Crippen LogP contribution >= 0.6 is 0 Å². The molecule has 29 heavy (non-hydrogen) atoms. The van der Waals surface area contributed by atoms with Crippen molar-refractivity contribution in [2.75, 3.05) is 0 Å². The largest absolute Gasteiger partial charge is 1.00 e. The second-order valence-corrected chi connectivity index (χ2v) is 1.39. The minimum atomic E-state index is -2.17. The Bertz CT molecular complexity index is 72.2. The van der Waals surface area contributed by atoms with Crippen LogP contribution in [0.5, 0.6) is 0 Å². The maximum Gasteiger partial charge on any atom is 1.00 e. The third-order valence-electron chi connectivity index (χ3n) is 0. The summed E-state index contributed by atoms with van der Waals surface area (Å²) in [6, 6.07) is 0. The zero-order chi connectivity index (χ0) is 14.3. The van der Waals surface area contributed by atoms with Crippen LogP contribution in [0.25, 0.3) is 0 Å². The first-order valence-electron chi connectivity index (χ1n) is 3.10. The Morgan fingerprint density at radius 2 is 0.241 bits per heavy atom. The van der Waals surface area contributed by atoms with Gasteiger partial charge >= 0.3 is 58.8 Å². The van der Waals surface area contributed by atoms with E-state index in [-0.39, 0.29) is 96.7 Å². The SMILES string of the molecule is O.O.O.O.O.O.O.O.O.O.O.O.OB(O)O.OB(O)O.OB(O)O.OB(O)O.[H-].[Na+]. The average molecular weight is 488 g/mol. The Hall–Kier alpha value is 0.300. The molecule has 0 unspecified atom stereocenters. The molecule has 0 spiro atoms. The molecule has 24 nitrogen and oxygen atoms in total. The van der Waals surface area contributed by atoms with Gasteiger partial charge in [-0.05, 0) is 0 Å². The second-order valence-electron chi connectivity index (χ2n) is 1.39. The van der Waals surface area contributed by atoms with E-state index < -0.39 is 29.3 Å². The number of hydrogen-bond donors (Lipinski definition) is 12. The Morgan fingerprint density at radius 1 is 0.241 bits per heavy atom. The van der Waals surface area contributed by atoms with Gasteiger partial charge in [-0.3, -0.25) is 0 Å². The fourth-order valence-electron chi connectivity index (χ4n) is 0. The monoisotopic (exact) mass is 488 g/mol. The number of rotatable bonds is 0. The van der Waals surface area contributed by atoms with Crippen LogP contribution in [0.2, 0.25) is 0 Å². The van der Waals surface area contributed by atoms with Gasteiger partial charge in [0.15, 0.2) is 0 Å². The van der Waals surface area contributed by atoms with Crippen LogP contribution in [0.1, 0.15) is 1.43 Å². The van der Waals surface area contributed by atoms with Crippen molar-refractivity contribution >= 4 is 29.3 Å². The standard InChI is InChI=1S/4BH3O3.Na.12H2O.H/c4*2-1(3)4;;;;;;;;;;;;;;/h4*2-4H;;12*1H2;/q;;;;+1;;;;;;;;;;;;;-1. The molecule has 0 aromatic heterocycles. The van der Waals surface area contributed by atoms with Crippen LogP contribution in [0, 0.1) is 0 Å². The van der Waals surface area contributed by atoms with Gasteiger partial charge in [-0.15, -0.1) is 0 Å². The molecule has 0 saturated carbocycles. The predicted octanol–water partition coefficient (Wildman–Crippen LogP) is -21.0. The quantitative estimate of drug-likeness (QED) is 0.142. The van der Waals surface area contributed by atoms with Crippen LogP contribution in [0.4, 0.5) is 0 Å². The third kappa shape index (κ3) is 218000. The minimum Gasteiger partial charge on any atom is -1.00 e. The van der Waals surface area contributed by atoms with Crippen molar-refractivity contribution in [3.63, 3.8) is 0 Å². The number of hydrogen-bond acceptors (Lipinski definition) is 12. The Morgan fingerprint density at radius 3 is 0.241 bits per heavy atom. The van der Waals surface area contributed by atoms with Crippen LogP contribution in [0.3, 0.4) is 0 Å². The Labute approximate surface area is 186 Å². The molecule has 36 N–H and O–H groups in total. The molecule has 0 aliphatic heterocycles. The van der Waals surface area contributed by atoms with E-state index in [1.54, 1.807) is 0 Å². The molecule has 0 aromatic rings. The van der Waals surface area contributed by atoms with E-state index >= 15 is 0 Å². The molecule has 0 amide bonds. The minimum absolute atomic E-state index is 0. The molecule has 0 atom stereocenters. The smallest absolute Gasteiger partial charge is 1.00 e. The van der Waals surface area contributed by atoms with E-state index in [0.29, 0.717) is 0 Å². The van der Waals surface area contributed by atoms with E-state index in [1.165, 1.54) is 0 Å². The maximum absolute atomic E-state index is 7.17. The van der Waals surface area contributed by atoms with Crippen molar-refractivity contribution in [2.45, 2.75) is 0 Å². The topological polar surface area (TPSA) is 621 Å². The van der Waals surface area contributed by atoms with Crippen molar-refractivity contribution < 1.29 is 157 Å². The van der Waals surface area contributed by atoms with Gasteiger partial charge in [0, 0.05) is 0 Å². The van der Waals surface area contributed by atoms with Crippen LogP contribution in [0.15, 0.2) is 0 Å². The van der Waals surface area contributed by atoms with Crippen molar-refractivity contribution in [1.82, 2.24) is 0 Å². The summed E-state index contributed by atoms with van der Waals surface area (Å²) in [5, 5.41) is 86.0. The summed E-state index contributed by atoms with van der Waals surface area (Å²) in [4.78, 5) is 0. The van der Waals surface area contributed by atoms with Crippen molar-refractivity contribution in [3.05, 3.63) is 0 Å². The van der Waals surface area contributed by atoms with Gasteiger partial charge < -0.3 is 127 Å². The Balaban J connectivity index is -0.00000000346. The summed E-state index contributed by atoms with van der Waals surface area (Å²) in [6.45, 7) is 0. The summed E-state index contributed by atoms with van der Waals surface area (Å²) >= 11 is 0. The molecule has 29 heteroatoms. The molecule has 0 bridgehead atoms. The first kappa shape index (κ1) is 155. The molecule has 0 aromatic carbocycles. The van der Waals surface area contributed by atoms with Crippen molar-refractivity contribution in [2.24, 2.45) is 0 Å². The van der Waals surface area contributed by atoms with Crippen molar-refractivity contribution in [3.8, 4) is 0 Å². The predicted molar refractivity (Wildman–Crippen MR) is 94.1 cm³/mol. The van der Waals surface area contributed by atoms with Gasteiger partial charge in [0.2, 0.25) is 0 Å². The molecular formula is H37B4NaO24. The Kier molecular flexibility index (Phi) is 746. The maximum atomic E-state index is 7.17. The van der Waals surface area contributed by atoms with Crippen LogP contribution < -0.4 is 29.6 Å². The molecule has 0 heterocycles. The van der Waals surface area contributed by atoms with Crippen molar-refractivity contribution in [1.29, 1.82) is 0 Å². The van der Waals surface area contributed by atoms with E-state index in [9.17, 15) is 0 Å². The zero-order valence-electron chi connectivity index (χ0n) is 15.7. The van der Waals surface area contributed by atoms with Crippen LogP contribution in [-0.2, 0) is 0 Å². The van der Waals surface area contributed by atoms with E-state index in [4.69, 9.17) is 60.3 Å². The summed E-state index contributed by atoms with van der Waals surface area (Å²) < 4.78 is 0. The molecule has 0 rings (SSSR count). The molecular weight excluding hydrogens is 450 g/mol. The fraction of sp³-hybridized carbons (Fsp3) is 0. The van der Waals surface area contributed by atoms with Crippen LogP contribution in [-0.4, -0.2) is 155 Å². The summed E-state index contributed by atoms with van der Waals surface area (Å²) in [5.74, 6) is 0. The van der Waals surface area contributed by atoms with Gasteiger partial charge in [-0.2, -0.15) is 0 Å². The van der Waals surface area contributed by atoms with Gasteiger partial charge in [-0.1, -0.05) is 0 Å². The zero-order valence-corrected chi connectivity index (χ0v) is 16.7. The molecule has 0 aliphatic carbocycles. The summed E-state index contributed by atoms with van der Waals surface area (Å²) in [7, 11) is -8.67. The summed E-state index contributed by atoms with van der Waals surface area (Å²) in [5.41, 5.74) is 0. The third-order valence-corrected chi connectivity index (χ3v) is 0. The van der Waals surface area contributed by atoms with Gasteiger partial charge in [-0.25, -0.2) is 0 Å². The van der Waals surface area contributed by atoms with E-state index in [2.05, 4.69) is 0 Å². The van der Waals surface area contributed by atoms with E-state index in [0.717, 1.165) is 0 Å².